The number of nitrogens with zero attached hydrogens (tertiary/aromatic N) is 3. The van der Waals surface area contributed by atoms with Crippen molar-refractivity contribution in [1.29, 1.82) is 0 Å². The first-order valence-electron chi connectivity index (χ1n) is 11.1. The number of carbonyl (C=O) groups excluding carboxylic acids is 1. The van der Waals surface area contributed by atoms with Gasteiger partial charge in [-0.1, -0.05) is 24.3 Å². The number of aromatic nitrogens is 1. The molecule has 5 nitrogen and oxygen atoms in total. The summed E-state index contributed by atoms with van der Waals surface area (Å²) in [5.41, 5.74) is 1.81. The lowest BCUT2D eigenvalue weighted by atomic mass is 9.93. The van der Waals surface area contributed by atoms with Crippen LogP contribution in [0.3, 0.4) is 0 Å². The van der Waals surface area contributed by atoms with E-state index in [1.54, 1.807) is 18.2 Å². The molecule has 6 heteroatoms. The van der Waals surface area contributed by atoms with E-state index in [1.165, 1.54) is 11.6 Å². The van der Waals surface area contributed by atoms with Gasteiger partial charge in [-0.2, -0.15) is 0 Å². The molecule has 0 aliphatic carbocycles. The molecule has 4 rings (SSSR count). The maximum absolute atomic E-state index is 13.8. The molecule has 1 aromatic carbocycles. The van der Waals surface area contributed by atoms with Crippen molar-refractivity contribution < 1.29 is 9.18 Å². The van der Waals surface area contributed by atoms with E-state index in [9.17, 15) is 9.18 Å². The van der Waals surface area contributed by atoms with Gasteiger partial charge in [0.05, 0.1) is 5.92 Å². The second-order valence-electron chi connectivity index (χ2n) is 8.51. The Morgan fingerprint density at radius 3 is 2.70 bits per heavy atom. The highest BCUT2D eigenvalue weighted by molar-refractivity contribution is 5.79. The third-order valence-electron chi connectivity index (χ3n) is 6.44. The van der Waals surface area contributed by atoms with E-state index in [2.05, 4.69) is 26.2 Å². The lowest BCUT2D eigenvalue weighted by Gasteiger charge is -2.42. The van der Waals surface area contributed by atoms with E-state index in [1.807, 2.05) is 18.5 Å². The summed E-state index contributed by atoms with van der Waals surface area (Å²) in [4.78, 5) is 21.9. The fraction of sp³-hybridized carbons (Fsp3) is 0.500. The monoisotopic (exact) mass is 410 g/mol. The summed E-state index contributed by atoms with van der Waals surface area (Å²) >= 11 is 0. The number of piperidine rings is 2. The highest BCUT2D eigenvalue weighted by Crippen LogP contribution is 2.25. The zero-order valence-electron chi connectivity index (χ0n) is 17.5. The number of benzene rings is 1. The van der Waals surface area contributed by atoms with Gasteiger partial charge in [0.1, 0.15) is 5.82 Å². The van der Waals surface area contributed by atoms with E-state index in [0.717, 1.165) is 58.4 Å². The molecule has 0 radical (unpaired) electrons. The largest absolute Gasteiger partial charge is 0.352 e. The van der Waals surface area contributed by atoms with Crippen molar-refractivity contribution in [3.63, 3.8) is 0 Å². The van der Waals surface area contributed by atoms with Crippen LogP contribution >= 0.6 is 0 Å². The average molecular weight is 411 g/mol. The van der Waals surface area contributed by atoms with E-state index >= 15 is 0 Å². The molecule has 2 fully saturated rings. The van der Waals surface area contributed by atoms with Gasteiger partial charge in [0.15, 0.2) is 0 Å². The first-order chi connectivity index (χ1) is 14.7. The minimum Gasteiger partial charge on any atom is -0.352 e. The predicted octanol–water partition coefficient (Wildman–Crippen LogP) is 3.21. The first kappa shape index (κ1) is 20.9. The van der Waals surface area contributed by atoms with Gasteiger partial charge in [0.25, 0.3) is 0 Å². The van der Waals surface area contributed by atoms with E-state index < -0.39 is 0 Å². The van der Waals surface area contributed by atoms with Crippen molar-refractivity contribution in [2.24, 2.45) is 5.92 Å². The minimum atomic E-state index is -0.263. The zero-order chi connectivity index (χ0) is 20.8. The summed E-state index contributed by atoms with van der Waals surface area (Å²) in [6.07, 6.45) is 8.01. The molecule has 1 aromatic heterocycles. The Morgan fingerprint density at radius 1 is 1.10 bits per heavy atom. The molecule has 2 aliphatic rings. The standard InChI is InChI=1S/C24H31FN4O/c25-23-8-2-1-6-20(23)16-27-24(30)21-7-4-12-29(18-21)22-9-13-28(14-10-22)17-19-5-3-11-26-15-19/h1-3,5-6,8,11,15,21-22H,4,7,9-10,12-14,16-18H2,(H,27,30)/t21-/m1/s1. The predicted molar refractivity (Wildman–Crippen MR) is 115 cm³/mol. The molecule has 0 unspecified atom stereocenters. The van der Waals surface area contributed by atoms with Crippen LogP contribution in [0.25, 0.3) is 0 Å². The number of nitrogens with one attached hydrogen (secondary N) is 1. The van der Waals surface area contributed by atoms with Crippen LogP contribution in [0.4, 0.5) is 4.39 Å². The van der Waals surface area contributed by atoms with E-state index in [-0.39, 0.29) is 24.2 Å². The van der Waals surface area contributed by atoms with Crippen molar-refractivity contribution in [3.8, 4) is 0 Å². The second-order valence-corrected chi connectivity index (χ2v) is 8.51. The summed E-state index contributed by atoms with van der Waals surface area (Å²) in [6, 6.07) is 11.3. The molecule has 3 heterocycles. The summed E-state index contributed by atoms with van der Waals surface area (Å²) in [5.74, 6) is -0.211. The second kappa shape index (κ2) is 10.1. The number of hydrogen-bond donors (Lipinski definition) is 1. The highest BCUT2D eigenvalue weighted by Gasteiger charge is 2.31. The van der Waals surface area contributed by atoms with Crippen molar-refractivity contribution in [1.82, 2.24) is 20.1 Å². The molecule has 30 heavy (non-hydrogen) atoms. The molecule has 0 bridgehead atoms. The van der Waals surface area contributed by atoms with Crippen LogP contribution < -0.4 is 5.32 Å². The Kier molecular flexibility index (Phi) is 7.07. The van der Waals surface area contributed by atoms with Gasteiger partial charge in [-0.3, -0.25) is 19.6 Å². The number of halogens is 1. The summed E-state index contributed by atoms with van der Waals surface area (Å²) < 4.78 is 13.8. The topological polar surface area (TPSA) is 48.5 Å². The SMILES string of the molecule is O=C(NCc1ccccc1F)[C@@H]1CCCN(C2CCN(Cc3cccnc3)CC2)C1. The van der Waals surface area contributed by atoms with Crippen molar-refractivity contribution in [3.05, 3.63) is 65.7 Å². The number of amides is 1. The molecule has 2 aliphatic heterocycles. The Balaban J connectivity index is 1.24. The molecule has 1 N–H and O–H groups in total. The molecule has 0 spiro atoms. The number of rotatable bonds is 6. The van der Waals surface area contributed by atoms with Crippen molar-refractivity contribution in [2.75, 3.05) is 26.2 Å². The Morgan fingerprint density at radius 2 is 1.93 bits per heavy atom. The molecule has 0 saturated carbocycles. The van der Waals surface area contributed by atoms with Gasteiger partial charge in [-0.05, 0) is 63.0 Å². The van der Waals surface area contributed by atoms with Crippen LogP contribution in [-0.4, -0.2) is 52.9 Å². The third kappa shape index (κ3) is 5.43. The summed E-state index contributed by atoms with van der Waals surface area (Å²) in [7, 11) is 0. The Bertz CT molecular complexity index is 823. The van der Waals surface area contributed by atoms with Gasteiger partial charge in [0, 0.05) is 43.6 Å². The van der Waals surface area contributed by atoms with Crippen LogP contribution in [-0.2, 0) is 17.9 Å². The smallest absolute Gasteiger partial charge is 0.224 e. The van der Waals surface area contributed by atoms with Crippen molar-refractivity contribution in [2.45, 2.75) is 44.8 Å². The quantitative estimate of drug-likeness (QED) is 0.795. The minimum absolute atomic E-state index is 0.000976. The van der Waals surface area contributed by atoms with Crippen molar-refractivity contribution >= 4 is 5.91 Å². The fourth-order valence-electron chi connectivity index (χ4n) is 4.71. The molecule has 2 aromatic rings. The third-order valence-corrected chi connectivity index (χ3v) is 6.44. The van der Waals surface area contributed by atoms with Crippen LogP contribution in [0.2, 0.25) is 0 Å². The Hall–Kier alpha value is -2.31. The normalized spacial score (nSPS) is 21.4. The molecule has 160 valence electrons. The number of hydrogen-bond acceptors (Lipinski definition) is 4. The van der Waals surface area contributed by atoms with Gasteiger partial charge in [-0.15, -0.1) is 0 Å². The van der Waals surface area contributed by atoms with E-state index in [0.29, 0.717) is 11.6 Å². The van der Waals surface area contributed by atoms with Crippen LogP contribution in [0, 0.1) is 11.7 Å². The number of likely N-dealkylation sites (tertiary alicyclic amines) is 2. The molecule has 2 saturated heterocycles. The van der Waals surface area contributed by atoms with Gasteiger partial charge < -0.3 is 5.32 Å². The maximum atomic E-state index is 13.8. The van der Waals surface area contributed by atoms with Gasteiger partial charge in [-0.25, -0.2) is 4.39 Å². The van der Waals surface area contributed by atoms with Gasteiger partial charge in [0.2, 0.25) is 5.91 Å². The average Bonchev–Trinajstić information content (AvgIpc) is 2.80. The fourth-order valence-corrected chi connectivity index (χ4v) is 4.71. The molecular formula is C24H31FN4O. The van der Waals surface area contributed by atoms with E-state index in [4.69, 9.17) is 0 Å². The number of pyridine rings is 1. The van der Waals surface area contributed by atoms with Crippen LogP contribution in [0.5, 0.6) is 0 Å². The summed E-state index contributed by atoms with van der Waals surface area (Å²) in [6.45, 7) is 5.28. The zero-order valence-corrected chi connectivity index (χ0v) is 17.5. The van der Waals surface area contributed by atoms with Crippen LogP contribution in [0.15, 0.2) is 48.8 Å². The lowest BCUT2D eigenvalue weighted by Crippen LogP contribution is -2.50. The summed E-state index contributed by atoms with van der Waals surface area (Å²) in [5, 5.41) is 2.95. The molecule has 1 amide bonds. The molecule has 1 atom stereocenters. The lowest BCUT2D eigenvalue weighted by molar-refractivity contribution is -0.127. The maximum Gasteiger partial charge on any atom is 0.224 e. The number of carbonyl (C=O) groups is 1. The highest BCUT2D eigenvalue weighted by atomic mass is 19.1. The van der Waals surface area contributed by atoms with Crippen LogP contribution in [0.1, 0.15) is 36.8 Å². The Labute approximate surface area is 178 Å². The first-order valence-corrected chi connectivity index (χ1v) is 11.1. The van der Waals surface area contributed by atoms with Gasteiger partial charge >= 0.3 is 0 Å². The molecular weight excluding hydrogens is 379 g/mol.